The second kappa shape index (κ2) is 6.89. The minimum absolute atomic E-state index is 0.164. The van der Waals surface area contributed by atoms with Gasteiger partial charge in [0.2, 0.25) is 0 Å². The van der Waals surface area contributed by atoms with Gasteiger partial charge in [-0.05, 0) is 49.7 Å². The van der Waals surface area contributed by atoms with Crippen LogP contribution in [0.5, 0.6) is 5.75 Å². The molecule has 1 amide bonds. The normalized spacial score (nSPS) is 10.9. The molecule has 0 saturated carbocycles. The van der Waals surface area contributed by atoms with E-state index in [0.29, 0.717) is 22.1 Å². The molecule has 4 rings (SSSR count). The lowest BCUT2D eigenvalue weighted by molar-refractivity contribution is 0.102. The number of aromatic nitrogens is 1. The number of methoxy groups -OCH3 is 1. The molecular weight excluding hydrogens is 360 g/mol. The Balaban J connectivity index is 1.57. The van der Waals surface area contributed by atoms with Crippen LogP contribution in [0.2, 0.25) is 0 Å². The molecule has 0 aliphatic carbocycles. The van der Waals surface area contributed by atoms with E-state index in [1.165, 1.54) is 11.3 Å². The highest BCUT2D eigenvalue weighted by Gasteiger charge is 2.14. The van der Waals surface area contributed by atoms with E-state index in [9.17, 15) is 4.79 Å². The van der Waals surface area contributed by atoms with Gasteiger partial charge in [-0.2, -0.15) is 0 Å². The lowest BCUT2D eigenvalue weighted by Crippen LogP contribution is -2.13. The van der Waals surface area contributed by atoms with Crippen LogP contribution in [-0.4, -0.2) is 18.0 Å². The quantitative estimate of drug-likeness (QED) is 0.514. The minimum atomic E-state index is -0.164. The van der Waals surface area contributed by atoms with Crippen molar-refractivity contribution in [3.05, 3.63) is 64.5 Å². The molecule has 0 aliphatic rings. The molecule has 1 N–H and O–H groups in total. The van der Waals surface area contributed by atoms with Crippen LogP contribution in [0, 0.1) is 13.8 Å². The highest BCUT2D eigenvalue weighted by Crippen LogP contribution is 2.32. The molecule has 0 atom stereocenters. The van der Waals surface area contributed by atoms with Gasteiger partial charge in [0.05, 0.1) is 7.11 Å². The summed E-state index contributed by atoms with van der Waals surface area (Å²) in [6, 6.07) is 13.3. The van der Waals surface area contributed by atoms with Crippen molar-refractivity contribution in [3.8, 4) is 17.2 Å². The van der Waals surface area contributed by atoms with Crippen LogP contribution in [0.25, 0.3) is 22.4 Å². The fraction of sp³-hybridized carbons (Fsp3) is 0.143. The molecule has 0 bridgehead atoms. The molecular formula is C21H18N2O3S. The Labute approximate surface area is 160 Å². The first-order chi connectivity index (χ1) is 13.0. The predicted molar refractivity (Wildman–Crippen MR) is 108 cm³/mol. The van der Waals surface area contributed by atoms with Gasteiger partial charge in [-0.1, -0.05) is 17.7 Å². The first kappa shape index (κ1) is 17.3. The molecule has 2 heterocycles. The highest BCUT2D eigenvalue weighted by atomic mass is 32.1. The summed E-state index contributed by atoms with van der Waals surface area (Å²) in [7, 11) is 1.63. The Morgan fingerprint density at radius 2 is 2.00 bits per heavy atom. The molecule has 0 unspecified atom stereocenters. The standard InChI is InChI=1S/C21H18N2O3S/c1-12-4-6-16(13(2)8-12)20(24)23-21-22-17(11-27-21)19-10-14-9-15(25-3)5-7-18(14)26-19/h4-11H,1-3H3,(H,22,23,24). The van der Waals surface area contributed by atoms with E-state index in [4.69, 9.17) is 9.15 Å². The van der Waals surface area contributed by atoms with Crippen LogP contribution >= 0.6 is 11.3 Å². The van der Waals surface area contributed by atoms with Gasteiger partial charge in [0.15, 0.2) is 10.9 Å². The van der Waals surface area contributed by atoms with Crippen molar-refractivity contribution in [2.75, 3.05) is 12.4 Å². The largest absolute Gasteiger partial charge is 0.497 e. The molecule has 4 aromatic rings. The molecule has 0 saturated heterocycles. The summed E-state index contributed by atoms with van der Waals surface area (Å²) in [4.78, 5) is 17.0. The van der Waals surface area contributed by atoms with E-state index in [1.807, 2.05) is 61.7 Å². The van der Waals surface area contributed by atoms with E-state index in [2.05, 4.69) is 10.3 Å². The second-order valence-corrected chi connectivity index (χ2v) is 7.18. The van der Waals surface area contributed by atoms with E-state index >= 15 is 0 Å². The number of thiazole rings is 1. The Bertz CT molecular complexity index is 1140. The number of aryl methyl sites for hydroxylation is 2. The van der Waals surface area contributed by atoms with Gasteiger partial charge in [-0.3, -0.25) is 10.1 Å². The van der Waals surface area contributed by atoms with Crippen molar-refractivity contribution >= 4 is 33.3 Å². The number of furan rings is 1. The van der Waals surface area contributed by atoms with E-state index in [0.717, 1.165) is 27.8 Å². The average molecular weight is 378 g/mol. The van der Waals surface area contributed by atoms with Gasteiger partial charge < -0.3 is 9.15 Å². The maximum Gasteiger partial charge on any atom is 0.257 e. The molecule has 2 aromatic heterocycles. The van der Waals surface area contributed by atoms with Gasteiger partial charge in [0, 0.05) is 16.3 Å². The molecule has 5 nitrogen and oxygen atoms in total. The van der Waals surface area contributed by atoms with E-state index in [1.54, 1.807) is 7.11 Å². The summed E-state index contributed by atoms with van der Waals surface area (Å²) >= 11 is 1.37. The second-order valence-electron chi connectivity index (χ2n) is 6.32. The number of benzene rings is 2. The van der Waals surface area contributed by atoms with Crippen molar-refractivity contribution in [1.29, 1.82) is 0 Å². The van der Waals surface area contributed by atoms with Gasteiger partial charge in [0.1, 0.15) is 17.0 Å². The van der Waals surface area contributed by atoms with Crippen molar-refractivity contribution in [1.82, 2.24) is 4.98 Å². The average Bonchev–Trinajstić information content (AvgIpc) is 3.27. The zero-order chi connectivity index (χ0) is 19.0. The van der Waals surface area contributed by atoms with Crippen LogP contribution in [0.15, 0.2) is 52.3 Å². The van der Waals surface area contributed by atoms with Gasteiger partial charge in [-0.15, -0.1) is 11.3 Å². The summed E-state index contributed by atoms with van der Waals surface area (Å²) in [6.45, 7) is 3.93. The lowest BCUT2D eigenvalue weighted by atomic mass is 10.1. The number of hydrogen-bond donors (Lipinski definition) is 1. The summed E-state index contributed by atoms with van der Waals surface area (Å²) < 4.78 is 11.1. The van der Waals surface area contributed by atoms with Crippen LogP contribution in [-0.2, 0) is 0 Å². The van der Waals surface area contributed by atoms with E-state index in [-0.39, 0.29) is 5.91 Å². The fourth-order valence-corrected chi connectivity index (χ4v) is 3.65. The van der Waals surface area contributed by atoms with E-state index < -0.39 is 0 Å². The molecule has 27 heavy (non-hydrogen) atoms. The molecule has 0 spiro atoms. The smallest absolute Gasteiger partial charge is 0.257 e. The highest BCUT2D eigenvalue weighted by molar-refractivity contribution is 7.14. The number of nitrogens with zero attached hydrogens (tertiary/aromatic N) is 1. The van der Waals surface area contributed by atoms with Crippen LogP contribution < -0.4 is 10.1 Å². The molecule has 6 heteroatoms. The van der Waals surface area contributed by atoms with Crippen molar-refractivity contribution < 1.29 is 13.9 Å². The van der Waals surface area contributed by atoms with Crippen molar-refractivity contribution in [3.63, 3.8) is 0 Å². The Hall–Kier alpha value is -3.12. The number of hydrogen-bond acceptors (Lipinski definition) is 5. The Morgan fingerprint density at radius 3 is 2.78 bits per heavy atom. The minimum Gasteiger partial charge on any atom is -0.497 e. The van der Waals surface area contributed by atoms with Gasteiger partial charge in [0.25, 0.3) is 5.91 Å². The predicted octanol–water partition coefficient (Wildman–Crippen LogP) is 5.43. The van der Waals surface area contributed by atoms with Crippen molar-refractivity contribution in [2.45, 2.75) is 13.8 Å². The third-order valence-electron chi connectivity index (χ3n) is 4.33. The number of anilines is 1. The van der Waals surface area contributed by atoms with Crippen LogP contribution in [0.4, 0.5) is 5.13 Å². The van der Waals surface area contributed by atoms with Crippen LogP contribution in [0.3, 0.4) is 0 Å². The third-order valence-corrected chi connectivity index (χ3v) is 5.08. The summed E-state index contributed by atoms with van der Waals surface area (Å²) in [5.41, 5.74) is 4.16. The first-order valence-electron chi connectivity index (χ1n) is 8.45. The monoisotopic (exact) mass is 378 g/mol. The SMILES string of the molecule is COc1ccc2oc(-c3csc(NC(=O)c4ccc(C)cc4C)n3)cc2c1. The van der Waals surface area contributed by atoms with Gasteiger partial charge in [-0.25, -0.2) is 4.98 Å². The maximum absolute atomic E-state index is 12.5. The molecule has 0 aliphatic heterocycles. The number of carbonyl (C=O) groups is 1. The number of carbonyl (C=O) groups excluding carboxylic acids is 1. The maximum atomic E-state index is 12.5. The summed E-state index contributed by atoms with van der Waals surface area (Å²) in [5.74, 6) is 1.26. The molecule has 0 fully saturated rings. The number of rotatable bonds is 4. The summed E-state index contributed by atoms with van der Waals surface area (Å²) in [6.07, 6.45) is 0. The first-order valence-corrected chi connectivity index (χ1v) is 9.33. The number of ether oxygens (including phenoxy) is 1. The number of amides is 1. The topological polar surface area (TPSA) is 64.4 Å². The lowest BCUT2D eigenvalue weighted by Gasteiger charge is -2.06. The summed E-state index contributed by atoms with van der Waals surface area (Å²) in [5, 5.41) is 6.21. The van der Waals surface area contributed by atoms with Crippen molar-refractivity contribution in [2.24, 2.45) is 0 Å². The Morgan fingerprint density at radius 1 is 1.15 bits per heavy atom. The fourth-order valence-electron chi connectivity index (χ4n) is 2.95. The number of nitrogens with one attached hydrogen (secondary N) is 1. The molecule has 0 radical (unpaired) electrons. The van der Waals surface area contributed by atoms with Crippen LogP contribution in [0.1, 0.15) is 21.5 Å². The Kier molecular flexibility index (Phi) is 4.41. The zero-order valence-corrected chi connectivity index (χ0v) is 16.0. The number of fused-ring (bicyclic) bond motifs is 1. The molecule has 136 valence electrons. The molecule has 2 aromatic carbocycles. The van der Waals surface area contributed by atoms with Gasteiger partial charge >= 0.3 is 0 Å². The third kappa shape index (κ3) is 3.44. The zero-order valence-electron chi connectivity index (χ0n) is 15.2.